The summed E-state index contributed by atoms with van der Waals surface area (Å²) in [6.45, 7) is 6.05. The number of amides is 1. The Balaban J connectivity index is 1.71. The molecule has 3 rings (SSSR count). The van der Waals surface area contributed by atoms with Crippen molar-refractivity contribution in [1.82, 2.24) is 19.6 Å². The number of rotatable bonds is 6. The molecule has 0 aliphatic carbocycles. The fourth-order valence-electron chi connectivity index (χ4n) is 2.68. The zero-order valence-corrected chi connectivity index (χ0v) is 15.4. The number of anilines is 1. The standard InChI is InChI=1S/C19H21N5O3/c1-12-5-4-6-15(9-12)11-24-13(2)10-17(22-24)20-18(25)16-7-8-23(21-16)14(3)19(26)27/h4-10,14H,11H2,1-3H3,(H,26,27)(H,20,22,25). The average Bonchev–Trinajstić information content (AvgIpc) is 3.22. The van der Waals surface area contributed by atoms with E-state index < -0.39 is 17.9 Å². The molecule has 0 spiro atoms. The summed E-state index contributed by atoms with van der Waals surface area (Å²) in [5.41, 5.74) is 3.35. The van der Waals surface area contributed by atoms with E-state index in [1.54, 1.807) is 6.07 Å². The van der Waals surface area contributed by atoms with E-state index in [0.29, 0.717) is 12.4 Å². The van der Waals surface area contributed by atoms with Crippen molar-refractivity contribution in [1.29, 1.82) is 0 Å². The monoisotopic (exact) mass is 367 g/mol. The molecule has 2 N–H and O–H groups in total. The van der Waals surface area contributed by atoms with Crippen molar-refractivity contribution in [2.75, 3.05) is 5.32 Å². The highest BCUT2D eigenvalue weighted by atomic mass is 16.4. The molecule has 140 valence electrons. The van der Waals surface area contributed by atoms with Crippen molar-refractivity contribution in [2.24, 2.45) is 0 Å². The van der Waals surface area contributed by atoms with Crippen LogP contribution < -0.4 is 5.32 Å². The molecule has 1 atom stereocenters. The van der Waals surface area contributed by atoms with Gasteiger partial charge in [-0.05, 0) is 32.4 Å². The van der Waals surface area contributed by atoms with Gasteiger partial charge in [0, 0.05) is 18.0 Å². The van der Waals surface area contributed by atoms with E-state index in [4.69, 9.17) is 5.11 Å². The maximum Gasteiger partial charge on any atom is 0.328 e. The maximum absolute atomic E-state index is 12.4. The number of carbonyl (C=O) groups is 2. The lowest BCUT2D eigenvalue weighted by Crippen LogP contribution is -2.18. The highest BCUT2D eigenvalue weighted by molar-refractivity contribution is 6.02. The topological polar surface area (TPSA) is 102 Å². The van der Waals surface area contributed by atoms with E-state index in [-0.39, 0.29) is 5.69 Å². The number of hydrogen-bond donors (Lipinski definition) is 2. The summed E-state index contributed by atoms with van der Waals surface area (Å²) in [5.74, 6) is -1.03. The van der Waals surface area contributed by atoms with Gasteiger partial charge in [0.25, 0.3) is 5.91 Å². The van der Waals surface area contributed by atoms with Crippen LogP contribution >= 0.6 is 0 Å². The van der Waals surface area contributed by atoms with Gasteiger partial charge in [-0.25, -0.2) is 4.79 Å². The van der Waals surface area contributed by atoms with Gasteiger partial charge < -0.3 is 10.4 Å². The molecule has 1 amide bonds. The largest absolute Gasteiger partial charge is 0.480 e. The molecular formula is C19H21N5O3. The van der Waals surface area contributed by atoms with E-state index >= 15 is 0 Å². The van der Waals surface area contributed by atoms with Crippen LogP contribution in [0.15, 0.2) is 42.6 Å². The lowest BCUT2D eigenvalue weighted by Gasteiger charge is -2.06. The number of aryl methyl sites for hydroxylation is 2. The Labute approximate surface area is 156 Å². The second-order valence-corrected chi connectivity index (χ2v) is 6.47. The van der Waals surface area contributed by atoms with Crippen LogP contribution in [0.25, 0.3) is 0 Å². The van der Waals surface area contributed by atoms with Gasteiger partial charge in [-0.15, -0.1) is 0 Å². The van der Waals surface area contributed by atoms with E-state index in [1.807, 2.05) is 36.7 Å². The van der Waals surface area contributed by atoms with E-state index in [2.05, 4.69) is 21.6 Å². The molecule has 0 aliphatic heterocycles. The fraction of sp³-hybridized carbons (Fsp3) is 0.263. The van der Waals surface area contributed by atoms with Crippen molar-refractivity contribution in [3.8, 4) is 0 Å². The highest BCUT2D eigenvalue weighted by Gasteiger charge is 2.18. The number of carboxylic acids is 1. The third-order valence-electron chi connectivity index (χ3n) is 4.23. The summed E-state index contributed by atoms with van der Waals surface area (Å²) in [5, 5.41) is 20.2. The van der Waals surface area contributed by atoms with Gasteiger partial charge >= 0.3 is 5.97 Å². The Bertz CT molecular complexity index is 989. The first-order valence-electron chi connectivity index (χ1n) is 8.53. The summed E-state index contributed by atoms with van der Waals surface area (Å²) in [6, 6.07) is 10.6. The van der Waals surface area contributed by atoms with Crippen LogP contribution in [-0.2, 0) is 11.3 Å². The van der Waals surface area contributed by atoms with Crippen molar-refractivity contribution < 1.29 is 14.7 Å². The quantitative estimate of drug-likeness (QED) is 0.697. The Morgan fingerprint density at radius 1 is 1.19 bits per heavy atom. The van der Waals surface area contributed by atoms with Crippen LogP contribution in [0.5, 0.6) is 0 Å². The SMILES string of the molecule is Cc1cccc(Cn2nc(NC(=O)c3ccn(C(C)C(=O)O)n3)cc2C)c1. The van der Waals surface area contributed by atoms with Gasteiger partial charge in [-0.1, -0.05) is 29.8 Å². The first kappa shape index (κ1) is 18.4. The number of nitrogens with zero attached hydrogens (tertiary/aromatic N) is 4. The highest BCUT2D eigenvalue weighted by Crippen LogP contribution is 2.14. The van der Waals surface area contributed by atoms with Crippen LogP contribution in [0.3, 0.4) is 0 Å². The Hall–Kier alpha value is -3.42. The van der Waals surface area contributed by atoms with Gasteiger partial charge in [-0.3, -0.25) is 14.2 Å². The predicted molar refractivity (Wildman–Crippen MR) is 99.8 cm³/mol. The summed E-state index contributed by atoms with van der Waals surface area (Å²) in [6.07, 6.45) is 1.47. The van der Waals surface area contributed by atoms with Crippen molar-refractivity contribution >= 4 is 17.7 Å². The molecule has 0 saturated heterocycles. The first-order chi connectivity index (χ1) is 12.8. The minimum Gasteiger partial charge on any atom is -0.480 e. The Kier molecular flexibility index (Phi) is 5.07. The summed E-state index contributed by atoms with van der Waals surface area (Å²) < 4.78 is 3.05. The fourth-order valence-corrected chi connectivity index (χ4v) is 2.68. The molecule has 1 aromatic carbocycles. The Morgan fingerprint density at radius 2 is 1.96 bits per heavy atom. The lowest BCUT2D eigenvalue weighted by atomic mass is 10.1. The molecule has 8 nitrogen and oxygen atoms in total. The predicted octanol–water partition coefficient (Wildman–Crippen LogP) is 2.64. The molecule has 27 heavy (non-hydrogen) atoms. The molecule has 3 aromatic rings. The molecule has 2 heterocycles. The summed E-state index contributed by atoms with van der Waals surface area (Å²) in [4.78, 5) is 23.4. The number of hydrogen-bond acceptors (Lipinski definition) is 4. The molecule has 0 aliphatic rings. The number of benzene rings is 1. The third kappa shape index (κ3) is 4.22. The van der Waals surface area contributed by atoms with E-state index in [0.717, 1.165) is 11.3 Å². The molecular weight excluding hydrogens is 346 g/mol. The van der Waals surface area contributed by atoms with Crippen LogP contribution in [0.2, 0.25) is 0 Å². The number of carboxylic acid groups (broad SMARTS) is 1. The molecule has 1 unspecified atom stereocenters. The van der Waals surface area contributed by atoms with Gasteiger partial charge in [0.15, 0.2) is 11.5 Å². The summed E-state index contributed by atoms with van der Waals surface area (Å²) in [7, 11) is 0. The first-order valence-corrected chi connectivity index (χ1v) is 8.53. The second-order valence-electron chi connectivity index (χ2n) is 6.47. The minimum absolute atomic E-state index is 0.133. The zero-order valence-electron chi connectivity index (χ0n) is 15.4. The van der Waals surface area contributed by atoms with Crippen molar-refractivity contribution in [2.45, 2.75) is 33.4 Å². The minimum atomic E-state index is -1.02. The number of aromatic nitrogens is 4. The number of aliphatic carboxylic acids is 1. The number of carbonyl (C=O) groups excluding carboxylic acids is 1. The summed E-state index contributed by atoms with van der Waals surface area (Å²) >= 11 is 0. The van der Waals surface area contributed by atoms with Crippen molar-refractivity contribution in [3.05, 3.63) is 65.1 Å². The van der Waals surface area contributed by atoms with Crippen LogP contribution in [-0.4, -0.2) is 36.5 Å². The smallest absolute Gasteiger partial charge is 0.328 e. The lowest BCUT2D eigenvalue weighted by molar-refractivity contribution is -0.140. The molecule has 2 aromatic heterocycles. The van der Waals surface area contributed by atoms with Crippen LogP contribution in [0.4, 0.5) is 5.82 Å². The van der Waals surface area contributed by atoms with Gasteiger partial charge in [0.2, 0.25) is 0 Å². The maximum atomic E-state index is 12.4. The van der Waals surface area contributed by atoms with E-state index in [1.165, 1.54) is 29.4 Å². The molecule has 0 bridgehead atoms. The van der Waals surface area contributed by atoms with Gasteiger partial charge in [0.1, 0.15) is 6.04 Å². The third-order valence-corrected chi connectivity index (χ3v) is 4.23. The molecule has 0 saturated carbocycles. The molecule has 0 fully saturated rings. The number of nitrogens with one attached hydrogen (secondary N) is 1. The second kappa shape index (κ2) is 7.45. The molecule has 8 heteroatoms. The van der Waals surface area contributed by atoms with E-state index in [9.17, 15) is 9.59 Å². The zero-order chi connectivity index (χ0) is 19.6. The normalized spacial score (nSPS) is 12.0. The molecule has 0 radical (unpaired) electrons. The van der Waals surface area contributed by atoms with Crippen molar-refractivity contribution in [3.63, 3.8) is 0 Å². The Morgan fingerprint density at radius 3 is 2.67 bits per heavy atom. The average molecular weight is 367 g/mol. The van der Waals surface area contributed by atoms with Crippen LogP contribution in [0.1, 0.15) is 40.3 Å². The van der Waals surface area contributed by atoms with Gasteiger partial charge in [-0.2, -0.15) is 10.2 Å². The van der Waals surface area contributed by atoms with Crippen LogP contribution in [0, 0.1) is 13.8 Å². The van der Waals surface area contributed by atoms with Gasteiger partial charge in [0.05, 0.1) is 6.54 Å².